The van der Waals surface area contributed by atoms with E-state index in [4.69, 9.17) is 11.6 Å². The van der Waals surface area contributed by atoms with Gasteiger partial charge in [-0.1, -0.05) is 12.2 Å². The summed E-state index contributed by atoms with van der Waals surface area (Å²) in [4.78, 5) is 2.43. The molecule has 0 radical (unpaired) electrons. The second-order valence-corrected chi connectivity index (χ2v) is 3.85. The van der Waals surface area contributed by atoms with Crippen molar-refractivity contribution in [3.8, 4) is 0 Å². The summed E-state index contributed by atoms with van der Waals surface area (Å²) in [5.41, 5.74) is 0. The first kappa shape index (κ1) is 11.0. The summed E-state index contributed by atoms with van der Waals surface area (Å²) < 4.78 is 0. The molecule has 0 unspecified atom stereocenters. The number of alkyl halides is 1. The molecule has 0 aromatic carbocycles. The predicted molar refractivity (Wildman–Crippen MR) is 58.4 cm³/mol. The number of likely N-dealkylation sites (N-methyl/N-ethyl adjacent to an activating group) is 1. The van der Waals surface area contributed by atoms with Crippen molar-refractivity contribution in [2.45, 2.75) is 18.9 Å². The Labute approximate surface area is 85.9 Å². The number of nitrogens with zero attached hydrogens (tertiary/aromatic N) is 1. The maximum Gasteiger partial charge on any atom is 0.0404 e. The van der Waals surface area contributed by atoms with Crippen molar-refractivity contribution in [1.29, 1.82) is 0 Å². The van der Waals surface area contributed by atoms with Crippen molar-refractivity contribution in [2.24, 2.45) is 0 Å². The summed E-state index contributed by atoms with van der Waals surface area (Å²) in [5, 5.41) is 3.35. The van der Waals surface area contributed by atoms with Gasteiger partial charge < -0.3 is 10.2 Å². The molecule has 0 aromatic heterocycles. The highest BCUT2D eigenvalue weighted by atomic mass is 35.5. The first-order chi connectivity index (χ1) is 6.34. The van der Waals surface area contributed by atoms with Gasteiger partial charge in [0.05, 0.1) is 0 Å². The molecule has 1 rings (SSSR count). The second kappa shape index (κ2) is 6.41. The van der Waals surface area contributed by atoms with Crippen LogP contribution in [0.3, 0.4) is 0 Å². The lowest BCUT2D eigenvalue weighted by Crippen LogP contribution is -2.30. The fourth-order valence-corrected chi connectivity index (χ4v) is 1.41. The standard InChI is InChI=1S/C10H19ClN2/c1-13(10-4-5-10)9-8-12-7-3-2-6-11/h2-3,10,12H,4-9H2,1H3/b3-2+. The van der Waals surface area contributed by atoms with Crippen LogP contribution in [0.15, 0.2) is 12.2 Å². The molecule has 2 nitrogen and oxygen atoms in total. The van der Waals surface area contributed by atoms with E-state index in [0.29, 0.717) is 5.88 Å². The van der Waals surface area contributed by atoms with E-state index in [2.05, 4.69) is 23.3 Å². The van der Waals surface area contributed by atoms with Crippen LogP contribution < -0.4 is 5.32 Å². The van der Waals surface area contributed by atoms with Gasteiger partial charge in [0.15, 0.2) is 0 Å². The smallest absolute Gasteiger partial charge is 0.0404 e. The van der Waals surface area contributed by atoms with Gasteiger partial charge >= 0.3 is 0 Å². The highest BCUT2D eigenvalue weighted by Crippen LogP contribution is 2.24. The average molecular weight is 203 g/mol. The van der Waals surface area contributed by atoms with Crippen molar-refractivity contribution in [3.63, 3.8) is 0 Å². The predicted octanol–water partition coefficient (Wildman–Crippen LogP) is 1.47. The van der Waals surface area contributed by atoms with E-state index in [0.717, 1.165) is 25.7 Å². The lowest BCUT2D eigenvalue weighted by Gasteiger charge is -2.15. The van der Waals surface area contributed by atoms with E-state index in [-0.39, 0.29) is 0 Å². The Morgan fingerprint density at radius 3 is 2.85 bits per heavy atom. The molecule has 1 saturated carbocycles. The summed E-state index contributed by atoms with van der Waals surface area (Å²) in [6, 6.07) is 0.875. The third-order valence-electron chi connectivity index (χ3n) is 2.33. The van der Waals surface area contributed by atoms with E-state index in [1.165, 1.54) is 12.8 Å². The summed E-state index contributed by atoms with van der Waals surface area (Å²) in [5.74, 6) is 0.615. The Hall–Kier alpha value is -0.0500. The zero-order valence-corrected chi connectivity index (χ0v) is 9.06. The minimum Gasteiger partial charge on any atom is -0.312 e. The quantitative estimate of drug-likeness (QED) is 0.382. The second-order valence-electron chi connectivity index (χ2n) is 3.54. The molecule has 0 aromatic rings. The van der Waals surface area contributed by atoms with E-state index in [9.17, 15) is 0 Å². The molecule has 1 aliphatic carbocycles. The fraction of sp³-hybridized carbons (Fsp3) is 0.800. The number of hydrogen-bond donors (Lipinski definition) is 1. The van der Waals surface area contributed by atoms with Crippen molar-refractivity contribution in [3.05, 3.63) is 12.2 Å². The molecule has 0 bridgehead atoms. The lowest BCUT2D eigenvalue weighted by molar-refractivity contribution is 0.324. The van der Waals surface area contributed by atoms with Crippen LogP contribution in [0.4, 0.5) is 0 Å². The van der Waals surface area contributed by atoms with Gasteiger partial charge in [0, 0.05) is 31.6 Å². The van der Waals surface area contributed by atoms with Crippen LogP contribution >= 0.6 is 11.6 Å². The number of rotatable bonds is 7. The molecule has 3 heteroatoms. The van der Waals surface area contributed by atoms with Crippen LogP contribution in [0.2, 0.25) is 0 Å². The van der Waals surface area contributed by atoms with Crippen LogP contribution in [0.1, 0.15) is 12.8 Å². The van der Waals surface area contributed by atoms with E-state index < -0.39 is 0 Å². The van der Waals surface area contributed by atoms with Crippen molar-refractivity contribution < 1.29 is 0 Å². The molecule has 1 fully saturated rings. The maximum absolute atomic E-state index is 5.49. The van der Waals surface area contributed by atoms with E-state index >= 15 is 0 Å². The Kier molecular flexibility index (Phi) is 5.44. The van der Waals surface area contributed by atoms with Crippen molar-refractivity contribution in [1.82, 2.24) is 10.2 Å². The third kappa shape index (κ3) is 5.29. The minimum atomic E-state index is 0.615. The van der Waals surface area contributed by atoms with Gasteiger partial charge in [0.2, 0.25) is 0 Å². The van der Waals surface area contributed by atoms with Gasteiger partial charge in [-0.2, -0.15) is 0 Å². The zero-order chi connectivity index (χ0) is 9.52. The van der Waals surface area contributed by atoms with Crippen molar-refractivity contribution in [2.75, 3.05) is 32.6 Å². The van der Waals surface area contributed by atoms with E-state index in [1.54, 1.807) is 0 Å². The highest BCUT2D eigenvalue weighted by molar-refractivity contribution is 6.18. The van der Waals surface area contributed by atoms with Gasteiger partial charge in [-0.3, -0.25) is 0 Å². The van der Waals surface area contributed by atoms with Gasteiger partial charge in [-0.25, -0.2) is 0 Å². The van der Waals surface area contributed by atoms with Crippen LogP contribution in [0.25, 0.3) is 0 Å². The van der Waals surface area contributed by atoms with E-state index in [1.807, 2.05) is 6.08 Å². The molecular weight excluding hydrogens is 184 g/mol. The number of nitrogens with one attached hydrogen (secondary N) is 1. The molecule has 0 amide bonds. The van der Waals surface area contributed by atoms with Crippen LogP contribution in [-0.4, -0.2) is 43.5 Å². The summed E-state index contributed by atoms with van der Waals surface area (Å²) in [6.45, 7) is 3.16. The Bertz CT molecular complexity index is 155. The molecule has 0 saturated heterocycles. The molecule has 1 aliphatic rings. The summed E-state index contributed by atoms with van der Waals surface area (Å²) >= 11 is 5.49. The topological polar surface area (TPSA) is 15.3 Å². The van der Waals surface area contributed by atoms with Gasteiger partial charge in [0.25, 0.3) is 0 Å². The van der Waals surface area contributed by atoms with Crippen LogP contribution in [-0.2, 0) is 0 Å². The minimum absolute atomic E-state index is 0.615. The maximum atomic E-state index is 5.49. The number of hydrogen-bond acceptors (Lipinski definition) is 2. The molecule has 76 valence electrons. The molecule has 1 N–H and O–H groups in total. The van der Waals surface area contributed by atoms with Gasteiger partial charge in [-0.05, 0) is 19.9 Å². The third-order valence-corrected chi connectivity index (χ3v) is 2.51. The molecule has 0 atom stereocenters. The summed E-state index contributed by atoms with van der Waals surface area (Å²) in [6.07, 6.45) is 6.83. The summed E-state index contributed by atoms with van der Waals surface area (Å²) in [7, 11) is 2.20. The average Bonchev–Trinajstić information content (AvgIpc) is 2.93. The molecule has 13 heavy (non-hydrogen) atoms. The largest absolute Gasteiger partial charge is 0.312 e. The Morgan fingerprint density at radius 2 is 2.23 bits per heavy atom. The van der Waals surface area contributed by atoms with Gasteiger partial charge in [-0.15, -0.1) is 11.6 Å². The number of allylic oxidation sites excluding steroid dienone is 1. The first-order valence-electron chi connectivity index (χ1n) is 4.96. The lowest BCUT2D eigenvalue weighted by atomic mass is 10.4. The number of halogens is 1. The molecule has 0 heterocycles. The van der Waals surface area contributed by atoms with Gasteiger partial charge in [0.1, 0.15) is 0 Å². The SMILES string of the molecule is CN(CCNC/C=C/CCl)C1CC1. The Balaban J connectivity index is 1.85. The molecule has 0 spiro atoms. The normalized spacial score (nSPS) is 17.5. The Morgan fingerprint density at radius 1 is 1.46 bits per heavy atom. The van der Waals surface area contributed by atoms with Crippen LogP contribution in [0, 0.1) is 0 Å². The fourth-order valence-electron chi connectivity index (χ4n) is 1.29. The van der Waals surface area contributed by atoms with Crippen LogP contribution in [0.5, 0.6) is 0 Å². The van der Waals surface area contributed by atoms with Crippen molar-refractivity contribution >= 4 is 11.6 Å². The molecular formula is C10H19ClN2. The highest BCUT2D eigenvalue weighted by Gasteiger charge is 2.25. The molecule has 0 aliphatic heterocycles. The zero-order valence-electron chi connectivity index (χ0n) is 8.30. The monoisotopic (exact) mass is 202 g/mol. The first-order valence-corrected chi connectivity index (χ1v) is 5.50.